The van der Waals surface area contributed by atoms with Crippen LogP contribution >= 0.6 is 0 Å². The Kier molecular flexibility index (Phi) is 12.4. The molecule has 0 bridgehead atoms. The topological polar surface area (TPSA) is 47.6 Å². The van der Waals surface area contributed by atoms with Crippen molar-refractivity contribution < 1.29 is 14.3 Å². The van der Waals surface area contributed by atoms with Crippen molar-refractivity contribution in [3.8, 4) is 11.8 Å². The van der Waals surface area contributed by atoms with Gasteiger partial charge in [0.15, 0.2) is 0 Å². The molecule has 33 heavy (non-hydrogen) atoms. The SMILES string of the molecule is CC(C)C#CCNC(=O)COCCOC(c1cccc(CCC(C)C)c1)C(C)(C)[Si](C)(C)C. The van der Waals surface area contributed by atoms with Gasteiger partial charge in [0.25, 0.3) is 0 Å². The average molecular weight is 474 g/mol. The number of benzene rings is 1. The number of rotatable bonds is 13. The summed E-state index contributed by atoms with van der Waals surface area (Å²) in [7, 11) is -1.54. The van der Waals surface area contributed by atoms with Crippen molar-refractivity contribution in [3.63, 3.8) is 0 Å². The molecule has 0 spiro atoms. The lowest BCUT2D eigenvalue weighted by Gasteiger charge is -2.44. The van der Waals surface area contributed by atoms with E-state index in [1.165, 1.54) is 17.5 Å². The predicted molar refractivity (Wildman–Crippen MR) is 142 cm³/mol. The highest BCUT2D eigenvalue weighted by atomic mass is 28.3. The summed E-state index contributed by atoms with van der Waals surface area (Å²) in [4.78, 5) is 11.9. The second-order valence-electron chi connectivity index (χ2n) is 11.2. The molecule has 0 aliphatic heterocycles. The van der Waals surface area contributed by atoms with Crippen molar-refractivity contribution in [2.75, 3.05) is 26.4 Å². The lowest BCUT2D eigenvalue weighted by molar-refractivity contribution is -0.126. The first-order valence-corrected chi connectivity index (χ1v) is 15.9. The zero-order valence-electron chi connectivity index (χ0n) is 22.5. The van der Waals surface area contributed by atoms with Crippen LogP contribution in [-0.2, 0) is 20.7 Å². The van der Waals surface area contributed by atoms with Gasteiger partial charge in [0, 0.05) is 5.92 Å². The third-order valence-corrected chi connectivity index (χ3v) is 10.5. The first kappa shape index (κ1) is 29.4. The van der Waals surface area contributed by atoms with Crippen LogP contribution in [0.25, 0.3) is 0 Å². The minimum absolute atomic E-state index is 0.00750. The van der Waals surface area contributed by atoms with Crippen LogP contribution in [0.2, 0.25) is 24.7 Å². The molecule has 0 aliphatic rings. The minimum atomic E-state index is -1.54. The molecule has 4 nitrogen and oxygen atoms in total. The van der Waals surface area contributed by atoms with Crippen molar-refractivity contribution in [2.45, 2.75) is 85.2 Å². The third-order valence-electron chi connectivity index (χ3n) is 6.36. The Morgan fingerprint density at radius 2 is 1.82 bits per heavy atom. The van der Waals surface area contributed by atoms with Gasteiger partial charge in [-0.3, -0.25) is 4.79 Å². The summed E-state index contributed by atoms with van der Waals surface area (Å²) in [5.74, 6) is 6.82. The third kappa shape index (κ3) is 10.9. The number of carbonyl (C=O) groups is 1. The Morgan fingerprint density at radius 3 is 2.42 bits per heavy atom. The molecule has 1 N–H and O–H groups in total. The smallest absolute Gasteiger partial charge is 0.246 e. The molecule has 1 aromatic rings. The zero-order valence-corrected chi connectivity index (χ0v) is 23.5. The van der Waals surface area contributed by atoms with E-state index in [2.05, 4.69) is 88.8 Å². The monoisotopic (exact) mass is 473 g/mol. The average Bonchev–Trinajstić information content (AvgIpc) is 2.71. The molecule has 1 amide bonds. The normalized spacial score (nSPS) is 13.1. The van der Waals surface area contributed by atoms with Crippen LogP contribution in [0.4, 0.5) is 0 Å². The van der Waals surface area contributed by atoms with Crippen molar-refractivity contribution in [1.29, 1.82) is 0 Å². The van der Waals surface area contributed by atoms with Crippen molar-refractivity contribution in [2.24, 2.45) is 11.8 Å². The molecule has 0 radical (unpaired) electrons. The van der Waals surface area contributed by atoms with E-state index in [-0.39, 0.29) is 23.7 Å². The van der Waals surface area contributed by atoms with E-state index >= 15 is 0 Å². The van der Waals surface area contributed by atoms with Gasteiger partial charge < -0.3 is 14.8 Å². The molecule has 0 aromatic heterocycles. The fourth-order valence-corrected chi connectivity index (χ4v) is 4.36. The quantitative estimate of drug-likeness (QED) is 0.209. The van der Waals surface area contributed by atoms with Gasteiger partial charge in [-0.1, -0.05) is 97.3 Å². The largest absolute Gasteiger partial charge is 0.371 e. The summed E-state index contributed by atoms with van der Waals surface area (Å²) >= 11 is 0. The number of amides is 1. The standard InChI is InChI=1S/C28H47NO3Si/c1-22(2)12-11-17-29-26(30)21-31-18-19-32-27(28(5,6)33(7,8)9)25-14-10-13-24(20-25)16-15-23(3)4/h10,13-14,20,22-23,27H,15-19,21H2,1-9H3,(H,29,30). The van der Waals surface area contributed by atoms with Gasteiger partial charge in [0.2, 0.25) is 5.91 Å². The van der Waals surface area contributed by atoms with E-state index in [4.69, 9.17) is 9.47 Å². The van der Waals surface area contributed by atoms with Crippen LogP contribution in [0, 0.1) is 23.7 Å². The number of ether oxygens (including phenoxy) is 2. The minimum Gasteiger partial charge on any atom is -0.371 e. The van der Waals surface area contributed by atoms with E-state index in [0.29, 0.717) is 31.6 Å². The first-order chi connectivity index (χ1) is 15.3. The van der Waals surface area contributed by atoms with Crippen molar-refractivity contribution >= 4 is 14.0 Å². The van der Waals surface area contributed by atoms with Crippen LogP contribution in [0.15, 0.2) is 24.3 Å². The van der Waals surface area contributed by atoms with Gasteiger partial charge in [-0.15, -0.1) is 0 Å². The molecular weight excluding hydrogens is 426 g/mol. The van der Waals surface area contributed by atoms with Crippen molar-refractivity contribution in [3.05, 3.63) is 35.4 Å². The van der Waals surface area contributed by atoms with Gasteiger partial charge in [-0.25, -0.2) is 0 Å². The van der Waals surface area contributed by atoms with Crippen LogP contribution in [0.5, 0.6) is 0 Å². The highest BCUT2D eigenvalue weighted by Gasteiger charge is 2.43. The highest BCUT2D eigenvalue weighted by Crippen LogP contribution is 2.50. The Morgan fingerprint density at radius 1 is 1.12 bits per heavy atom. The molecular formula is C28H47NO3Si. The molecule has 0 heterocycles. The van der Waals surface area contributed by atoms with E-state index in [0.717, 1.165) is 6.42 Å². The summed E-state index contributed by atoms with van der Waals surface area (Å²) in [6.45, 7) is 21.7. The molecule has 0 saturated carbocycles. The summed E-state index contributed by atoms with van der Waals surface area (Å²) in [6.07, 6.45) is 2.27. The Balaban J connectivity index is 2.72. The lowest BCUT2D eigenvalue weighted by Crippen LogP contribution is -2.41. The predicted octanol–water partition coefficient (Wildman–Crippen LogP) is 6.24. The Hall–Kier alpha value is -1.61. The molecule has 0 aliphatic carbocycles. The molecule has 0 saturated heterocycles. The number of hydrogen-bond acceptors (Lipinski definition) is 3. The zero-order chi connectivity index (χ0) is 25.1. The van der Waals surface area contributed by atoms with E-state index in [1.54, 1.807) is 0 Å². The molecule has 1 atom stereocenters. The van der Waals surface area contributed by atoms with Gasteiger partial charge in [0.05, 0.1) is 33.9 Å². The van der Waals surface area contributed by atoms with E-state index < -0.39 is 8.07 Å². The molecule has 1 rings (SSSR count). The van der Waals surface area contributed by atoms with Gasteiger partial charge in [-0.05, 0) is 34.9 Å². The number of nitrogens with one attached hydrogen (secondary N) is 1. The number of carbonyl (C=O) groups excluding carboxylic acids is 1. The van der Waals surface area contributed by atoms with Crippen LogP contribution < -0.4 is 5.32 Å². The first-order valence-electron chi connectivity index (χ1n) is 12.4. The molecule has 0 fully saturated rings. The van der Waals surface area contributed by atoms with Crippen LogP contribution in [0.1, 0.15) is 65.2 Å². The number of aryl methyl sites for hydroxylation is 1. The maximum atomic E-state index is 11.9. The highest BCUT2D eigenvalue weighted by molar-refractivity contribution is 6.79. The fraction of sp³-hybridized carbons (Fsp3) is 0.679. The molecule has 1 aromatic carbocycles. The summed E-state index contributed by atoms with van der Waals surface area (Å²) in [6, 6.07) is 8.89. The Labute approximate surface area is 204 Å². The van der Waals surface area contributed by atoms with Crippen LogP contribution in [-0.4, -0.2) is 40.3 Å². The summed E-state index contributed by atoms with van der Waals surface area (Å²) < 4.78 is 12.0. The maximum absolute atomic E-state index is 11.9. The molecule has 1 unspecified atom stereocenters. The van der Waals surface area contributed by atoms with E-state index in [9.17, 15) is 4.79 Å². The maximum Gasteiger partial charge on any atom is 0.246 e. The van der Waals surface area contributed by atoms with Crippen molar-refractivity contribution in [1.82, 2.24) is 5.32 Å². The van der Waals surface area contributed by atoms with E-state index in [1.807, 2.05) is 13.8 Å². The fourth-order valence-electron chi connectivity index (χ4n) is 3.32. The van der Waals surface area contributed by atoms with Gasteiger partial charge in [0.1, 0.15) is 6.61 Å². The molecule has 5 heteroatoms. The van der Waals surface area contributed by atoms with Gasteiger partial charge in [-0.2, -0.15) is 0 Å². The second-order valence-corrected chi connectivity index (χ2v) is 17.0. The van der Waals surface area contributed by atoms with Gasteiger partial charge >= 0.3 is 0 Å². The summed E-state index contributed by atoms with van der Waals surface area (Å²) in [5, 5.41) is 2.80. The second kappa shape index (κ2) is 13.9. The lowest BCUT2D eigenvalue weighted by atomic mass is 9.94. The van der Waals surface area contributed by atoms with Crippen LogP contribution in [0.3, 0.4) is 0 Å². The molecule has 186 valence electrons. The number of hydrogen-bond donors (Lipinski definition) is 1. The Bertz CT molecular complexity index is 784. The summed E-state index contributed by atoms with van der Waals surface area (Å²) in [5.41, 5.74) is 2.61.